The predicted molar refractivity (Wildman–Crippen MR) is 72.8 cm³/mol. The van der Waals surface area contributed by atoms with Crippen LogP contribution in [0.15, 0.2) is 24.3 Å². The van der Waals surface area contributed by atoms with E-state index in [1.54, 1.807) is 17.0 Å². The maximum Gasteiger partial charge on any atom is 0.226 e. The quantitative estimate of drug-likeness (QED) is 0.779. The highest BCUT2D eigenvalue weighted by Crippen LogP contribution is 2.21. The molecule has 1 fully saturated rings. The van der Waals surface area contributed by atoms with Gasteiger partial charge in [-0.1, -0.05) is 12.1 Å². The first-order chi connectivity index (χ1) is 9.22. The van der Waals surface area contributed by atoms with Gasteiger partial charge in [0.15, 0.2) is 0 Å². The minimum absolute atomic E-state index is 0.0192. The van der Waals surface area contributed by atoms with Gasteiger partial charge in [-0.05, 0) is 25.0 Å². The van der Waals surface area contributed by atoms with E-state index >= 15 is 0 Å². The second-order valence-electron chi connectivity index (χ2n) is 4.70. The van der Waals surface area contributed by atoms with Gasteiger partial charge in [-0.3, -0.25) is 4.79 Å². The van der Waals surface area contributed by atoms with E-state index in [2.05, 4.69) is 0 Å². The van der Waals surface area contributed by atoms with Crippen molar-refractivity contribution in [2.45, 2.75) is 25.3 Å². The number of nitrogens with zero attached hydrogens (tertiary/aromatic N) is 1. The van der Waals surface area contributed by atoms with Gasteiger partial charge < -0.3 is 20.5 Å². The normalized spacial score (nSPS) is 18.6. The minimum atomic E-state index is -0.0192. The van der Waals surface area contributed by atoms with E-state index in [9.17, 15) is 9.90 Å². The van der Waals surface area contributed by atoms with Gasteiger partial charge in [0.05, 0.1) is 31.4 Å². The number of benzene rings is 1. The number of ether oxygens (including phenoxy) is 1. The Morgan fingerprint density at radius 2 is 2.26 bits per heavy atom. The molecule has 0 aromatic heterocycles. The van der Waals surface area contributed by atoms with Crippen molar-refractivity contribution in [3.8, 4) is 5.75 Å². The zero-order chi connectivity index (χ0) is 13.7. The molecule has 5 nitrogen and oxygen atoms in total. The number of aliphatic hydroxyl groups is 1. The number of amides is 1. The highest BCUT2D eigenvalue weighted by Gasteiger charge is 2.27. The lowest BCUT2D eigenvalue weighted by Gasteiger charge is -2.23. The molecule has 1 aliphatic rings. The van der Waals surface area contributed by atoms with Gasteiger partial charge >= 0.3 is 0 Å². The van der Waals surface area contributed by atoms with Gasteiger partial charge in [-0.15, -0.1) is 0 Å². The maximum atomic E-state index is 12.0. The zero-order valence-corrected chi connectivity index (χ0v) is 10.9. The summed E-state index contributed by atoms with van der Waals surface area (Å²) in [5.41, 5.74) is 6.32. The van der Waals surface area contributed by atoms with E-state index < -0.39 is 0 Å². The van der Waals surface area contributed by atoms with Crippen LogP contribution in [0.3, 0.4) is 0 Å². The monoisotopic (exact) mass is 264 g/mol. The first-order valence-electron chi connectivity index (χ1n) is 6.60. The van der Waals surface area contributed by atoms with Gasteiger partial charge in [0.1, 0.15) is 5.75 Å². The Morgan fingerprint density at radius 1 is 1.47 bits per heavy atom. The fourth-order valence-corrected chi connectivity index (χ4v) is 2.36. The second kappa shape index (κ2) is 6.43. The Kier molecular flexibility index (Phi) is 4.63. The van der Waals surface area contributed by atoms with Gasteiger partial charge in [-0.2, -0.15) is 0 Å². The summed E-state index contributed by atoms with van der Waals surface area (Å²) in [6.45, 7) is 1.08. The van der Waals surface area contributed by atoms with Crippen molar-refractivity contribution in [1.82, 2.24) is 4.90 Å². The lowest BCUT2D eigenvalue weighted by atomic mass is 10.2. The van der Waals surface area contributed by atoms with Gasteiger partial charge in [0, 0.05) is 6.54 Å². The summed E-state index contributed by atoms with van der Waals surface area (Å²) in [5.74, 6) is 0.640. The van der Waals surface area contributed by atoms with Crippen LogP contribution in [-0.2, 0) is 4.79 Å². The van der Waals surface area contributed by atoms with E-state index in [0.29, 0.717) is 24.5 Å². The molecule has 0 aliphatic carbocycles. The summed E-state index contributed by atoms with van der Waals surface area (Å²) in [4.78, 5) is 13.7. The van der Waals surface area contributed by atoms with Crippen molar-refractivity contribution in [2.24, 2.45) is 0 Å². The number of hydrogen-bond acceptors (Lipinski definition) is 4. The molecule has 0 unspecified atom stereocenters. The molecular weight excluding hydrogens is 244 g/mol. The third-order valence-corrected chi connectivity index (χ3v) is 3.40. The highest BCUT2D eigenvalue weighted by atomic mass is 16.5. The molecule has 1 amide bonds. The van der Waals surface area contributed by atoms with Crippen LogP contribution in [-0.4, -0.2) is 41.7 Å². The lowest BCUT2D eigenvalue weighted by Crippen LogP contribution is -2.38. The van der Waals surface area contributed by atoms with E-state index in [0.717, 1.165) is 19.4 Å². The first-order valence-corrected chi connectivity index (χ1v) is 6.60. The molecule has 0 radical (unpaired) electrons. The second-order valence-corrected chi connectivity index (χ2v) is 4.70. The molecular formula is C14H20N2O3. The molecule has 1 heterocycles. The number of para-hydroxylation sites is 2. The van der Waals surface area contributed by atoms with Crippen LogP contribution in [0.2, 0.25) is 0 Å². The Bertz CT molecular complexity index is 436. The number of nitrogen functional groups attached to an aromatic ring is 1. The summed E-state index contributed by atoms with van der Waals surface area (Å²) >= 11 is 0. The topological polar surface area (TPSA) is 75.8 Å². The molecule has 1 aromatic rings. The van der Waals surface area contributed by atoms with Crippen LogP contribution in [0.5, 0.6) is 5.75 Å². The molecule has 104 valence electrons. The predicted octanol–water partition coefficient (Wildman–Crippen LogP) is 1.02. The molecule has 19 heavy (non-hydrogen) atoms. The van der Waals surface area contributed by atoms with Crippen LogP contribution < -0.4 is 10.5 Å². The third-order valence-electron chi connectivity index (χ3n) is 3.40. The summed E-state index contributed by atoms with van der Waals surface area (Å²) in [7, 11) is 0. The van der Waals surface area contributed by atoms with E-state index in [-0.39, 0.29) is 18.6 Å². The molecule has 0 saturated carbocycles. The Hall–Kier alpha value is -1.75. The van der Waals surface area contributed by atoms with Gasteiger partial charge in [0.2, 0.25) is 5.91 Å². The smallest absolute Gasteiger partial charge is 0.226 e. The maximum absolute atomic E-state index is 12.0. The number of carbonyl (C=O) groups excluding carboxylic acids is 1. The van der Waals surface area contributed by atoms with Crippen LogP contribution in [0.4, 0.5) is 5.69 Å². The molecule has 0 spiro atoms. The van der Waals surface area contributed by atoms with Crippen molar-refractivity contribution in [2.75, 3.05) is 25.5 Å². The van der Waals surface area contributed by atoms with E-state index in [1.165, 1.54) is 0 Å². The van der Waals surface area contributed by atoms with Crippen molar-refractivity contribution < 1.29 is 14.6 Å². The molecule has 1 aromatic carbocycles. The van der Waals surface area contributed by atoms with Crippen molar-refractivity contribution in [3.63, 3.8) is 0 Å². The fraction of sp³-hybridized carbons (Fsp3) is 0.500. The lowest BCUT2D eigenvalue weighted by molar-refractivity contribution is -0.133. The van der Waals surface area contributed by atoms with Gasteiger partial charge in [-0.25, -0.2) is 0 Å². The fourth-order valence-electron chi connectivity index (χ4n) is 2.36. The number of likely N-dealkylation sites (tertiary alicyclic amines) is 1. The average molecular weight is 264 g/mol. The van der Waals surface area contributed by atoms with Crippen LogP contribution in [0.25, 0.3) is 0 Å². The van der Waals surface area contributed by atoms with Gasteiger partial charge in [0.25, 0.3) is 0 Å². The summed E-state index contributed by atoms with van der Waals surface area (Å²) in [5, 5.41) is 9.18. The standard InChI is InChI=1S/C14H20N2O3/c15-12-5-1-2-6-13(12)19-9-7-14(18)16-8-3-4-11(16)10-17/h1-2,5-6,11,17H,3-4,7-10,15H2/t11-/m0/s1. The van der Waals surface area contributed by atoms with E-state index in [4.69, 9.17) is 10.5 Å². The third kappa shape index (κ3) is 3.38. The summed E-state index contributed by atoms with van der Waals surface area (Å²) in [6, 6.07) is 7.21. The largest absolute Gasteiger partial charge is 0.491 e. The van der Waals surface area contributed by atoms with Crippen molar-refractivity contribution in [1.29, 1.82) is 0 Å². The molecule has 1 atom stereocenters. The summed E-state index contributed by atoms with van der Waals surface area (Å²) < 4.78 is 5.50. The SMILES string of the molecule is Nc1ccccc1OCCC(=O)N1CCC[C@H]1CO. The number of nitrogens with two attached hydrogens (primary N) is 1. The zero-order valence-electron chi connectivity index (χ0n) is 10.9. The summed E-state index contributed by atoms with van der Waals surface area (Å²) in [6.07, 6.45) is 2.16. The molecule has 1 saturated heterocycles. The van der Waals surface area contributed by atoms with Crippen molar-refractivity contribution in [3.05, 3.63) is 24.3 Å². The number of carbonyl (C=O) groups is 1. The van der Waals surface area contributed by atoms with Crippen LogP contribution in [0, 0.1) is 0 Å². The molecule has 3 N–H and O–H groups in total. The average Bonchev–Trinajstić information content (AvgIpc) is 2.89. The molecule has 0 bridgehead atoms. The molecule has 2 rings (SSSR count). The molecule has 1 aliphatic heterocycles. The number of anilines is 1. The van der Waals surface area contributed by atoms with Crippen LogP contribution in [0.1, 0.15) is 19.3 Å². The van der Waals surface area contributed by atoms with Crippen molar-refractivity contribution >= 4 is 11.6 Å². The Balaban J connectivity index is 1.80. The number of aliphatic hydroxyl groups excluding tert-OH is 1. The minimum Gasteiger partial charge on any atom is -0.491 e. The number of hydrogen-bond donors (Lipinski definition) is 2. The first kappa shape index (κ1) is 13.7. The van der Waals surface area contributed by atoms with Crippen LogP contribution >= 0.6 is 0 Å². The highest BCUT2D eigenvalue weighted by molar-refractivity contribution is 5.77. The van der Waals surface area contributed by atoms with E-state index in [1.807, 2.05) is 12.1 Å². The Morgan fingerprint density at radius 3 is 3.00 bits per heavy atom. The number of rotatable bonds is 5. The Labute approximate surface area is 113 Å². The molecule has 5 heteroatoms.